The molecular weight excluding hydrogens is 188 g/mol. The van der Waals surface area contributed by atoms with Crippen LogP contribution in [-0.2, 0) is 0 Å². The molecule has 0 radical (unpaired) electrons. The Morgan fingerprint density at radius 1 is 1.20 bits per heavy atom. The van der Waals surface area contributed by atoms with Crippen LogP contribution in [0.4, 0.5) is 0 Å². The van der Waals surface area contributed by atoms with E-state index in [9.17, 15) is 0 Å². The zero-order chi connectivity index (χ0) is 11.6. The van der Waals surface area contributed by atoms with Crippen molar-refractivity contribution >= 4 is 0 Å². The van der Waals surface area contributed by atoms with Crippen LogP contribution in [-0.4, -0.2) is 30.3 Å². The number of aliphatic hydroxyl groups is 1. The van der Waals surface area contributed by atoms with Crippen LogP contribution in [0.15, 0.2) is 0 Å². The van der Waals surface area contributed by atoms with E-state index in [1.165, 1.54) is 25.7 Å². The topological polar surface area (TPSA) is 58.3 Å². The lowest BCUT2D eigenvalue weighted by Crippen LogP contribution is -2.49. The van der Waals surface area contributed by atoms with Gasteiger partial charge in [-0.3, -0.25) is 0 Å². The van der Waals surface area contributed by atoms with Crippen molar-refractivity contribution < 1.29 is 5.11 Å². The van der Waals surface area contributed by atoms with E-state index in [1.54, 1.807) is 0 Å². The molecule has 0 aromatic rings. The van der Waals surface area contributed by atoms with E-state index in [0.29, 0.717) is 6.54 Å². The van der Waals surface area contributed by atoms with Crippen LogP contribution < -0.4 is 11.1 Å². The maximum atomic E-state index is 8.71. The fourth-order valence-electron chi connectivity index (χ4n) is 1.67. The highest BCUT2D eigenvalue weighted by Crippen LogP contribution is 2.14. The molecule has 0 aromatic heterocycles. The highest BCUT2D eigenvalue weighted by atomic mass is 16.3. The molecule has 0 spiro atoms. The Labute approximate surface area is 94.4 Å². The molecule has 0 aliphatic rings. The Bertz CT molecular complexity index is 142. The monoisotopic (exact) mass is 216 g/mol. The van der Waals surface area contributed by atoms with Crippen LogP contribution in [0.25, 0.3) is 0 Å². The Kier molecular flexibility index (Phi) is 9.06. The Morgan fingerprint density at radius 2 is 1.93 bits per heavy atom. The van der Waals surface area contributed by atoms with Crippen molar-refractivity contribution in [3.05, 3.63) is 0 Å². The molecule has 0 saturated heterocycles. The molecule has 15 heavy (non-hydrogen) atoms. The maximum Gasteiger partial charge on any atom is 0.0443 e. The third-order valence-corrected chi connectivity index (χ3v) is 2.92. The zero-order valence-corrected chi connectivity index (χ0v) is 10.4. The summed E-state index contributed by atoms with van der Waals surface area (Å²) in [6.07, 6.45) is 7.08. The van der Waals surface area contributed by atoms with Gasteiger partial charge in [0.05, 0.1) is 0 Å². The SMILES string of the molecule is CCCCCCC(C)(CN)NCCCO. The number of unbranched alkanes of at least 4 members (excludes halogenated alkanes) is 3. The van der Waals surface area contributed by atoms with Crippen molar-refractivity contribution in [2.45, 2.75) is 57.9 Å². The van der Waals surface area contributed by atoms with Crippen LogP contribution in [0.2, 0.25) is 0 Å². The van der Waals surface area contributed by atoms with Crippen LogP contribution in [0.5, 0.6) is 0 Å². The molecule has 0 bridgehead atoms. The summed E-state index contributed by atoms with van der Waals surface area (Å²) in [4.78, 5) is 0. The number of hydrogen-bond acceptors (Lipinski definition) is 3. The summed E-state index contributed by atoms with van der Waals surface area (Å²) in [5.41, 5.74) is 5.84. The largest absolute Gasteiger partial charge is 0.396 e. The number of rotatable bonds is 10. The van der Waals surface area contributed by atoms with E-state index in [2.05, 4.69) is 19.2 Å². The lowest BCUT2D eigenvalue weighted by Gasteiger charge is -2.29. The van der Waals surface area contributed by atoms with E-state index < -0.39 is 0 Å². The van der Waals surface area contributed by atoms with Gasteiger partial charge in [0.25, 0.3) is 0 Å². The predicted octanol–water partition coefficient (Wildman–Crippen LogP) is 1.65. The molecule has 0 aromatic carbocycles. The number of aliphatic hydroxyl groups excluding tert-OH is 1. The summed E-state index contributed by atoms with van der Waals surface area (Å²) in [5, 5.41) is 12.1. The molecule has 0 heterocycles. The molecule has 0 fully saturated rings. The van der Waals surface area contributed by atoms with Gasteiger partial charge >= 0.3 is 0 Å². The molecule has 3 nitrogen and oxygen atoms in total. The van der Waals surface area contributed by atoms with Gasteiger partial charge in [-0.05, 0) is 26.3 Å². The second kappa shape index (κ2) is 9.13. The lowest BCUT2D eigenvalue weighted by molar-refractivity contribution is 0.266. The molecule has 0 aliphatic carbocycles. The Balaban J connectivity index is 3.65. The van der Waals surface area contributed by atoms with Gasteiger partial charge < -0.3 is 16.2 Å². The van der Waals surface area contributed by atoms with E-state index in [4.69, 9.17) is 10.8 Å². The minimum absolute atomic E-state index is 0.0584. The Morgan fingerprint density at radius 3 is 2.47 bits per heavy atom. The molecule has 1 atom stereocenters. The van der Waals surface area contributed by atoms with Crippen molar-refractivity contribution in [3.63, 3.8) is 0 Å². The van der Waals surface area contributed by atoms with E-state index in [0.717, 1.165) is 19.4 Å². The third-order valence-electron chi connectivity index (χ3n) is 2.92. The molecule has 0 saturated carbocycles. The maximum absolute atomic E-state index is 8.71. The number of nitrogens with one attached hydrogen (secondary N) is 1. The summed E-state index contributed by atoms with van der Waals surface area (Å²) in [6.45, 7) is 6.18. The first-order valence-corrected chi connectivity index (χ1v) is 6.24. The van der Waals surface area contributed by atoms with Crippen molar-refractivity contribution in [1.82, 2.24) is 5.32 Å². The summed E-state index contributed by atoms with van der Waals surface area (Å²) in [6, 6.07) is 0. The highest BCUT2D eigenvalue weighted by Gasteiger charge is 2.20. The minimum Gasteiger partial charge on any atom is -0.396 e. The summed E-state index contributed by atoms with van der Waals surface area (Å²) < 4.78 is 0. The van der Waals surface area contributed by atoms with Gasteiger partial charge in [0.2, 0.25) is 0 Å². The zero-order valence-electron chi connectivity index (χ0n) is 10.4. The first-order chi connectivity index (χ1) is 7.18. The van der Waals surface area contributed by atoms with Crippen LogP contribution >= 0.6 is 0 Å². The molecule has 92 valence electrons. The second-order valence-electron chi connectivity index (χ2n) is 4.58. The van der Waals surface area contributed by atoms with Crippen molar-refractivity contribution in [3.8, 4) is 0 Å². The quantitative estimate of drug-likeness (QED) is 0.487. The molecule has 3 heteroatoms. The highest BCUT2D eigenvalue weighted by molar-refractivity contribution is 4.83. The van der Waals surface area contributed by atoms with Crippen LogP contribution in [0, 0.1) is 0 Å². The normalized spacial score (nSPS) is 15.2. The van der Waals surface area contributed by atoms with Gasteiger partial charge in [-0.25, -0.2) is 0 Å². The smallest absolute Gasteiger partial charge is 0.0443 e. The average molecular weight is 216 g/mol. The Hall–Kier alpha value is -0.120. The van der Waals surface area contributed by atoms with Gasteiger partial charge in [-0.2, -0.15) is 0 Å². The molecule has 1 unspecified atom stereocenters. The van der Waals surface area contributed by atoms with Gasteiger partial charge in [0.1, 0.15) is 0 Å². The summed E-state index contributed by atoms with van der Waals surface area (Å²) in [5.74, 6) is 0. The van der Waals surface area contributed by atoms with E-state index >= 15 is 0 Å². The summed E-state index contributed by atoms with van der Waals surface area (Å²) in [7, 11) is 0. The first-order valence-electron chi connectivity index (χ1n) is 6.24. The second-order valence-corrected chi connectivity index (χ2v) is 4.58. The fourth-order valence-corrected chi connectivity index (χ4v) is 1.67. The minimum atomic E-state index is 0.0584. The van der Waals surface area contributed by atoms with Crippen LogP contribution in [0.1, 0.15) is 52.4 Å². The standard InChI is InChI=1S/C12H28N2O/c1-3-4-5-6-8-12(2,11-13)14-9-7-10-15/h14-15H,3-11,13H2,1-2H3. The number of nitrogens with two attached hydrogens (primary N) is 1. The van der Waals surface area contributed by atoms with Gasteiger partial charge in [-0.15, -0.1) is 0 Å². The third kappa shape index (κ3) is 7.77. The van der Waals surface area contributed by atoms with E-state index in [1.807, 2.05) is 0 Å². The molecule has 0 aliphatic heterocycles. The molecule has 0 amide bonds. The molecule has 0 rings (SSSR count). The van der Waals surface area contributed by atoms with Crippen molar-refractivity contribution in [2.75, 3.05) is 19.7 Å². The van der Waals surface area contributed by atoms with Gasteiger partial charge in [0.15, 0.2) is 0 Å². The van der Waals surface area contributed by atoms with Crippen molar-refractivity contribution in [1.29, 1.82) is 0 Å². The van der Waals surface area contributed by atoms with Crippen LogP contribution in [0.3, 0.4) is 0 Å². The van der Waals surface area contributed by atoms with Crippen molar-refractivity contribution in [2.24, 2.45) is 5.73 Å². The fraction of sp³-hybridized carbons (Fsp3) is 1.00. The van der Waals surface area contributed by atoms with Gasteiger partial charge in [-0.1, -0.05) is 32.6 Å². The number of hydrogen-bond donors (Lipinski definition) is 3. The summed E-state index contributed by atoms with van der Waals surface area (Å²) >= 11 is 0. The van der Waals surface area contributed by atoms with Gasteiger partial charge in [0, 0.05) is 18.7 Å². The predicted molar refractivity (Wildman–Crippen MR) is 65.9 cm³/mol. The molecule has 4 N–H and O–H groups in total. The van der Waals surface area contributed by atoms with E-state index in [-0.39, 0.29) is 12.1 Å². The average Bonchev–Trinajstić information content (AvgIpc) is 2.25. The first kappa shape index (κ1) is 14.9. The molecular formula is C12H28N2O. The lowest BCUT2D eigenvalue weighted by atomic mass is 9.94.